The summed E-state index contributed by atoms with van der Waals surface area (Å²) in [5.74, 6) is -1.51. The van der Waals surface area contributed by atoms with E-state index in [1.54, 1.807) is 6.07 Å². The Labute approximate surface area is 258 Å². The summed E-state index contributed by atoms with van der Waals surface area (Å²) in [6.45, 7) is 4.05. The molecule has 0 radical (unpaired) electrons. The van der Waals surface area contributed by atoms with Crippen LogP contribution in [-0.4, -0.2) is 75.4 Å². The lowest BCUT2D eigenvalue weighted by atomic mass is 9.94. The fraction of sp³-hybridized carbons (Fsp3) is 0.455. The molecule has 2 aromatic carbocycles. The molecule has 0 unspecified atom stereocenters. The summed E-state index contributed by atoms with van der Waals surface area (Å²) >= 11 is 0. The van der Waals surface area contributed by atoms with E-state index in [4.69, 9.17) is 15.5 Å². The highest BCUT2D eigenvalue weighted by Crippen LogP contribution is 2.42. The van der Waals surface area contributed by atoms with E-state index in [2.05, 4.69) is 14.9 Å². The van der Waals surface area contributed by atoms with Gasteiger partial charge in [0.15, 0.2) is 5.82 Å². The number of amides is 1. The molecule has 4 aromatic rings. The minimum Gasteiger partial charge on any atom is -0.508 e. The smallest absolute Gasteiger partial charge is 0.319 e. The largest absolute Gasteiger partial charge is 0.508 e. The number of halogens is 3. The molecule has 0 bridgehead atoms. The lowest BCUT2D eigenvalue weighted by Gasteiger charge is -2.33. The molecule has 7 rings (SSSR count). The van der Waals surface area contributed by atoms with E-state index in [1.807, 2.05) is 11.8 Å². The van der Waals surface area contributed by atoms with E-state index < -0.39 is 23.3 Å². The first kappa shape index (κ1) is 29.5. The number of rotatable bonds is 7. The molecule has 45 heavy (non-hydrogen) atoms. The van der Waals surface area contributed by atoms with Crippen LogP contribution in [0.15, 0.2) is 30.5 Å². The molecule has 236 valence electrons. The van der Waals surface area contributed by atoms with Gasteiger partial charge < -0.3 is 20.5 Å². The number of alkyl halides is 1. The summed E-state index contributed by atoms with van der Waals surface area (Å²) in [5.41, 5.74) is 5.59. The summed E-state index contributed by atoms with van der Waals surface area (Å²) in [7, 11) is 0. The number of hydrogen-bond donors (Lipinski definition) is 2. The fourth-order valence-corrected chi connectivity index (χ4v) is 7.57. The average molecular weight is 621 g/mol. The maximum absolute atomic E-state index is 16.7. The zero-order chi connectivity index (χ0) is 31.5. The summed E-state index contributed by atoms with van der Waals surface area (Å²) in [6, 6.07) is 5.72. The van der Waals surface area contributed by atoms with Gasteiger partial charge in [0.1, 0.15) is 41.4 Å². The zero-order valence-electron chi connectivity index (χ0n) is 25.0. The number of benzene rings is 2. The van der Waals surface area contributed by atoms with Gasteiger partial charge in [0.05, 0.1) is 10.9 Å². The summed E-state index contributed by atoms with van der Waals surface area (Å²) in [6.07, 6.45) is 4.01. The van der Waals surface area contributed by atoms with E-state index in [9.17, 15) is 18.7 Å². The van der Waals surface area contributed by atoms with Crippen LogP contribution in [0.3, 0.4) is 0 Å². The SMILES string of the molecule is CCc1c(F)ccc2cc(O)cc(-c3ncc4c(N5CCC(C(N)=O)CC5)nc(OC[C@@]56CCCN5C[C@H](F)C6)nc4c3F)c12. The van der Waals surface area contributed by atoms with E-state index in [1.165, 1.54) is 24.4 Å². The lowest BCUT2D eigenvalue weighted by molar-refractivity contribution is -0.122. The predicted octanol–water partition coefficient (Wildman–Crippen LogP) is 5.05. The Morgan fingerprint density at radius 3 is 2.73 bits per heavy atom. The van der Waals surface area contributed by atoms with Crippen molar-refractivity contribution in [2.24, 2.45) is 11.7 Å². The third-order valence-electron chi connectivity index (χ3n) is 9.83. The van der Waals surface area contributed by atoms with Gasteiger partial charge >= 0.3 is 6.01 Å². The fourth-order valence-electron chi connectivity index (χ4n) is 7.57. The van der Waals surface area contributed by atoms with Gasteiger partial charge in [0.2, 0.25) is 5.91 Å². The number of hydrogen-bond acceptors (Lipinski definition) is 8. The topological polar surface area (TPSA) is 118 Å². The molecular formula is C33H35F3N6O3. The van der Waals surface area contributed by atoms with Crippen LogP contribution in [0.4, 0.5) is 19.0 Å². The van der Waals surface area contributed by atoms with Gasteiger partial charge in [-0.1, -0.05) is 13.0 Å². The number of phenols is 1. The van der Waals surface area contributed by atoms with Gasteiger partial charge in [-0.2, -0.15) is 9.97 Å². The van der Waals surface area contributed by atoms with Crippen molar-refractivity contribution >= 4 is 33.4 Å². The number of piperidine rings is 1. The third kappa shape index (κ3) is 5.08. The third-order valence-corrected chi connectivity index (χ3v) is 9.83. The highest BCUT2D eigenvalue weighted by atomic mass is 19.1. The van der Waals surface area contributed by atoms with Crippen molar-refractivity contribution in [2.75, 3.05) is 37.7 Å². The van der Waals surface area contributed by atoms with Gasteiger partial charge in [-0.05, 0) is 73.2 Å². The van der Waals surface area contributed by atoms with Crippen LogP contribution in [0, 0.1) is 17.6 Å². The van der Waals surface area contributed by atoms with Crippen molar-refractivity contribution in [3.8, 4) is 23.0 Å². The Kier molecular flexibility index (Phi) is 7.42. The van der Waals surface area contributed by atoms with Gasteiger partial charge in [0, 0.05) is 43.7 Å². The number of aromatic nitrogens is 3. The van der Waals surface area contributed by atoms with E-state index in [0.717, 1.165) is 19.4 Å². The maximum Gasteiger partial charge on any atom is 0.319 e. The normalized spacial score (nSPS) is 22.4. The molecule has 0 spiro atoms. The van der Waals surface area contributed by atoms with Gasteiger partial charge in [-0.25, -0.2) is 13.2 Å². The minimum atomic E-state index is -0.936. The number of phenolic OH excluding ortho intramolecular Hbond substituents is 1. The number of nitrogens with two attached hydrogens (primary N) is 1. The molecule has 3 aliphatic rings. The summed E-state index contributed by atoms with van der Waals surface area (Å²) in [5, 5.41) is 11.9. The number of anilines is 1. The Morgan fingerprint density at radius 1 is 1.18 bits per heavy atom. The van der Waals surface area contributed by atoms with Crippen LogP contribution >= 0.6 is 0 Å². The molecule has 0 aliphatic carbocycles. The first-order chi connectivity index (χ1) is 21.7. The number of fused-ring (bicyclic) bond motifs is 3. The Balaban J connectivity index is 1.35. The highest BCUT2D eigenvalue weighted by molar-refractivity contribution is 6.01. The number of ether oxygens (including phenoxy) is 1. The van der Waals surface area contributed by atoms with Crippen LogP contribution in [0.1, 0.15) is 44.6 Å². The quantitative estimate of drug-likeness (QED) is 0.295. The molecule has 2 atom stereocenters. The van der Waals surface area contributed by atoms with Crippen LogP contribution in [-0.2, 0) is 11.2 Å². The van der Waals surface area contributed by atoms with Crippen molar-refractivity contribution in [1.82, 2.24) is 19.9 Å². The summed E-state index contributed by atoms with van der Waals surface area (Å²) < 4.78 is 52.3. The van der Waals surface area contributed by atoms with Crippen molar-refractivity contribution in [3.63, 3.8) is 0 Å². The molecule has 3 aliphatic heterocycles. The molecule has 9 nitrogen and oxygen atoms in total. The van der Waals surface area contributed by atoms with Crippen molar-refractivity contribution < 1.29 is 27.8 Å². The number of primary amides is 1. The number of carbonyl (C=O) groups excluding carboxylic acids is 1. The van der Waals surface area contributed by atoms with E-state index in [-0.39, 0.29) is 47.0 Å². The Morgan fingerprint density at radius 2 is 1.98 bits per heavy atom. The lowest BCUT2D eigenvalue weighted by Crippen LogP contribution is -2.43. The van der Waals surface area contributed by atoms with Crippen LogP contribution in [0.2, 0.25) is 0 Å². The maximum atomic E-state index is 16.7. The molecule has 1 amide bonds. The van der Waals surface area contributed by atoms with Crippen molar-refractivity contribution in [2.45, 2.75) is 57.2 Å². The molecule has 12 heteroatoms. The molecule has 0 saturated carbocycles. The zero-order valence-corrected chi connectivity index (χ0v) is 25.0. The van der Waals surface area contributed by atoms with Gasteiger partial charge in [-0.3, -0.25) is 14.7 Å². The first-order valence-electron chi connectivity index (χ1n) is 15.5. The van der Waals surface area contributed by atoms with Crippen LogP contribution in [0.5, 0.6) is 11.8 Å². The number of nitrogens with zero attached hydrogens (tertiary/aromatic N) is 5. The Hall–Kier alpha value is -4.19. The number of carbonyl (C=O) groups is 1. The second-order valence-electron chi connectivity index (χ2n) is 12.5. The van der Waals surface area contributed by atoms with Crippen molar-refractivity contribution in [1.29, 1.82) is 0 Å². The monoisotopic (exact) mass is 620 g/mol. The molecule has 2 aromatic heterocycles. The van der Waals surface area contributed by atoms with Crippen LogP contribution in [0.25, 0.3) is 32.9 Å². The van der Waals surface area contributed by atoms with Crippen LogP contribution < -0.4 is 15.4 Å². The Bertz CT molecular complexity index is 1810. The molecular weight excluding hydrogens is 585 g/mol. The van der Waals surface area contributed by atoms with Gasteiger partial charge in [0.25, 0.3) is 0 Å². The average Bonchev–Trinajstić information content (AvgIpc) is 3.55. The summed E-state index contributed by atoms with van der Waals surface area (Å²) in [4.78, 5) is 29.6. The molecule has 3 N–H and O–H groups in total. The van der Waals surface area contributed by atoms with Crippen molar-refractivity contribution in [3.05, 3.63) is 47.7 Å². The molecule has 3 saturated heterocycles. The molecule has 3 fully saturated rings. The number of aromatic hydroxyl groups is 1. The second kappa shape index (κ2) is 11.3. The predicted molar refractivity (Wildman–Crippen MR) is 164 cm³/mol. The number of aryl methyl sites for hydroxylation is 1. The van der Waals surface area contributed by atoms with E-state index in [0.29, 0.717) is 72.9 Å². The highest BCUT2D eigenvalue weighted by Gasteiger charge is 2.49. The van der Waals surface area contributed by atoms with E-state index >= 15 is 4.39 Å². The standard InChI is InChI=1S/C33H35F3N6O3/c1-2-22-25(35)5-4-19-12-21(43)13-23(26(19)22)28-27(36)29-24(15-38-28)31(41-10-6-18(7-11-41)30(37)44)40-32(39-29)45-17-33-8-3-9-42(33)16-20(34)14-33/h4-5,12-13,15,18,20,43H,2-3,6-11,14,16-17H2,1H3,(H2,37,44)/t20-,33+/m1/s1. The minimum absolute atomic E-state index is 0.0430. The number of pyridine rings is 1. The first-order valence-corrected chi connectivity index (χ1v) is 15.5. The second-order valence-corrected chi connectivity index (χ2v) is 12.5. The molecule has 5 heterocycles. The van der Waals surface area contributed by atoms with Gasteiger partial charge in [-0.15, -0.1) is 0 Å².